The lowest BCUT2D eigenvalue weighted by Crippen LogP contribution is -2.54. The number of hydrogen-bond donors (Lipinski definition) is 2. The summed E-state index contributed by atoms with van der Waals surface area (Å²) in [6.45, 7) is 5.75. The molecule has 0 aromatic carbocycles. The molecule has 0 aliphatic carbocycles. The van der Waals surface area contributed by atoms with E-state index in [1.54, 1.807) is 6.08 Å². The zero-order valence-electron chi connectivity index (χ0n) is 6.88. The van der Waals surface area contributed by atoms with E-state index in [4.69, 9.17) is 5.73 Å². The van der Waals surface area contributed by atoms with E-state index in [9.17, 15) is 0 Å². The number of rotatable bonds is 3. The number of allylic oxidation sites excluding steroid dienone is 1. The fraction of sp³-hybridized carbons (Fsp3) is 0.500. The van der Waals surface area contributed by atoms with Gasteiger partial charge in [-0.2, -0.15) is 0 Å². The van der Waals surface area contributed by atoms with Crippen LogP contribution in [-0.4, -0.2) is 31.1 Å². The van der Waals surface area contributed by atoms with Gasteiger partial charge >= 0.3 is 0 Å². The summed E-state index contributed by atoms with van der Waals surface area (Å²) in [4.78, 5) is 2.25. The van der Waals surface area contributed by atoms with Crippen molar-refractivity contribution in [2.24, 2.45) is 5.73 Å². The molecule has 1 fully saturated rings. The number of hydrogen-bond acceptors (Lipinski definition) is 3. The molecule has 1 rings (SSSR count). The molecule has 1 aliphatic rings. The van der Waals surface area contributed by atoms with Gasteiger partial charge in [0.05, 0.1) is 6.04 Å². The van der Waals surface area contributed by atoms with Gasteiger partial charge in [-0.3, -0.25) is 0 Å². The second-order valence-corrected chi connectivity index (χ2v) is 2.93. The van der Waals surface area contributed by atoms with Crippen LogP contribution in [0.25, 0.3) is 0 Å². The van der Waals surface area contributed by atoms with Crippen LogP contribution in [0.2, 0.25) is 0 Å². The van der Waals surface area contributed by atoms with Crippen LogP contribution in [0.3, 0.4) is 0 Å². The standard InChI is InChI=1S/C8H15N3/c1-3-7(9)4-10-8-5-11(2)6-8/h3-4,8,10H,1,5-6,9H2,2H3/b7-4+. The molecule has 3 N–H and O–H groups in total. The quantitative estimate of drug-likeness (QED) is 0.555. The van der Waals surface area contributed by atoms with Crippen molar-refractivity contribution in [3.8, 4) is 0 Å². The Morgan fingerprint density at radius 1 is 1.73 bits per heavy atom. The topological polar surface area (TPSA) is 41.3 Å². The summed E-state index contributed by atoms with van der Waals surface area (Å²) in [5.41, 5.74) is 6.20. The second kappa shape index (κ2) is 3.44. The van der Waals surface area contributed by atoms with Gasteiger partial charge < -0.3 is 16.0 Å². The summed E-state index contributed by atoms with van der Waals surface area (Å²) in [6.07, 6.45) is 3.44. The molecule has 3 nitrogen and oxygen atoms in total. The Balaban J connectivity index is 2.18. The van der Waals surface area contributed by atoms with E-state index in [1.165, 1.54) is 0 Å². The maximum absolute atomic E-state index is 5.50. The second-order valence-electron chi connectivity index (χ2n) is 2.93. The van der Waals surface area contributed by atoms with Crippen LogP contribution in [0, 0.1) is 0 Å². The number of likely N-dealkylation sites (tertiary alicyclic amines) is 1. The SMILES string of the molecule is C=C/C(N)=C\NC1CN(C)C1. The Bertz CT molecular complexity index is 168. The molecule has 0 saturated carbocycles. The molecule has 62 valence electrons. The molecule has 0 unspecified atom stereocenters. The van der Waals surface area contributed by atoms with Crippen LogP contribution < -0.4 is 11.1 Å². The minimum atomic E-state index is 0.568. The van der Waals surface area contributed by atoms with Crippen LogP contribution in [0.15, 0.2) is 24.6 Å². The highest BCUT2D eigenvalue weighted by Crippen LogP contribution is 2.02. The largest absolute Gasteiger partial charge is 0.398 e. The average molecular weight is 153 g/mol. The van der Waals surface area contributed by atoms with Crippen molar-refractivity contribution in [3.63, 3.8) is 0 Å². The van der Waals surface area contributed by atoms with Crippen LogP contribution in [0.4, 0.5) is 0 Å². The van der Waals surface area contributed by atoms with Gasteiger partial charge in [-0.25, -0.2) is 0 Å². The first-order valence-corrected chi connectivity index (χ1v) is 3.75. The molecule has 1 heterocycles. The van der Waals surface area contributed by atoms with Crippen LogP contribution in [0.1, 0.15) is 0 Å². The van der Waals surface area contributed by atoms with Crippen molar-refractivity contribution in [3.05, 3.63) is 24.6 Å². The molecule has 0 amide bonds. The fourth-order valence-electron chi connectivity index (χ4n) is 1.08. The number of nitrogens with zero attached hydrogens (tertiary/aromatic N) is 1. The molecule has 1 saturated heterocycles. The Morgan fingerprint density at radius 2 is 2.36 bits per heavy atom. The minimum absolute atomic E-state index is 0.568. The molecule has 0 spiro atoms. The van der Waals surface area contributed by atoms with E-state index >= 15 is 0 Å². The third kappa shape index (κ3) is 2.27. The van der Waals surface area contributed by atoms with Gasteiger partial charge in [0, 0.05) is 25.0 Å². The lowest BCUT2D eigenvalue weighted by atomic mass is 10.1. The first kappa shape index (κ1) is 8.14. The zero-order chi connectivity index (χ0) is 8.27. The van der Waals surface area contributed by atoms with Gasteiger partial charge in [-0.15, -0.1) is 0 Å². The molecule has 0 aromatic rings. The molecule has 11 heavy (non-hydrogen) atoms. The molecule has 0 atom stereocenters. The van der Waals surface area contributed by atoms with Crippen molar-refractivity contribution in [1.82, 2.24) is 10.2 Å². The van der Waals surface area contributed by atoms with Gasteiger partial charge in [-0.05, 0) is 13.1 Å². The van der Waals surface area contributed by atoms with Crippen molar-refractivity contribution in [2.75, 3.05) is 20.1 Å². The van der Waals surface area contributed by atoms with Gasteiger partial charge in [0.1, 0.15) is 0 Å². The molecule has 1 aliphatic heterocycles. The van der Waals surface area contributed by atoms with E-state index in [-0.39, 0.29) is 0 Å². The highest BCUT2D eigenvalue weighted by molar-refractivity contribution is 5.11. The van der Waals surface area contributed by atoms with Crippen LogP contribution in [-0.2, 0) is 0 Å². The van der Waals surface area contributed by atoms with Crippen molar-refractivity contribution in [1.29, 1.82) is 0 Å². The predicted octanol–water partition coefficient (Wildman–Crippen LogP) is -0.124. The summed E-state index contributed by atoms with van der Waals surface area (Å²) in [7, 11) is 2.10. The highest BCUT2D eigenvalue weighted by Gasteiger charge is 2.20. The normalized spacial score (nSPS) is 21.0. The predicted molar refractivity (Wildman–Crippen MR) is 46.9 cm³/mol. The zero-order valence-corrected chi connectivity index (χ0v) is 6.88. The van der Waals surface area contributed by atoms with Crippen molar-refractivity contribution in [2.45, 2.75) is 6.04 Å². The summed E-state index contributed by atoms with van der Waals surface area (Å²) in [6, 6.07) is 0.568. The molecular formula is C8H15N3. The Hall–Kier alpha value is -0.960. The molecule has 0 bridgehead atoms. The van der Waals surface area contributed by atoms with Gasteiger partial charge in [-0.1, -0.05) is 6.58 Å². The summed E-state index contributed by atoms with van der Waals surface area (Å²) >= 11 is 0. The van der Waals surface area contributed by atoms with E-state index in [0.717, 1.165) is 13.1 Å². The van der Waals surface area contributed by atoms with E-state index in [2.05, 4.69) is 23.8 Å². The summed E-state index contributed by atoms with van der Waals surface area (Å²) < 4.78 is 0. The van der Waals surface area contributed by atoms with Crippen LogP contribution >= 0.6 is 0 Å². The minimum Gasteiger partial charge on any atom is -0.398 e. The Morgan fingerprint density at radius 3 is 2.82 bits per heavy atom. The van der Waals surface area contributed by atoms with E-state index in [0.29, 0.717) is 11.7 Å². The maximum Gasteiger partial charge on any atom is 0.0510 e. The van der Waals surface area contributed by atoms with Gasteiger partial charge in [0.25, 0.3) is 0 Å². The average Bonchev–Trinajstić information content (AvgIpc) is 1.95. The highest BCUT2D eigenvalue weighted by atomic mass is 15.2. The van der Waals surface area contributed by atoms with Gasteiger partial charge in [0.15, 0.2) is 0 Å². The van der Waals surface area contributed by atoms with E-state index < -0.39 is 0 Å². The molecular weight excluding hydrogens is 138 g/mol. The number of nitrogens with one attached hydrogen (secondary N) is 1. The van der Waals surface area contributed by atoms with E-state index in [1.807, 2.05) is 6.20 Å². The molecule has 3 heteroatoms. The summed E-state index contributed by atoms with van der Waals surface area (Å²) in [5, 5.41) is 3.20. The fourth-order valence-corrected chi connectivity index (χ4v) is 1.08. The smallest absolute Gasteiger partial charge is 0.0510 e. The van der Waals surface area contributed by atoms with Gasteiger partial charge in [0.2, 0.25) is 0 Å². The lowest BCUT2D eigenvalue weighted by molar-refractivity contribution is 0.173. The lowest BCUT2D eigenvalue weighted by Gasteiger charge is -2.36. The third-order valence-corrected chi connectivity index (χ3v) is 1.79. The maximum atomic E-state index is 5.50. The summed E-state index contributed by atoms with van der Waals surface area (Å²) in [5.74, 6) is 0. The Kier molecular flexibility index (Phi) is 2.54. The molecule has 0 aromatic heterocycles. The third-order valence-electron chi connectivity index (χ3n) is 1.79. The van der Waals surface area contributed by atoms with Crippen molar-refractivity contribution < 1.29 is 0 Å². The number of nitrogens with two attached hydrogens (primary N) is 1. The first-order valence-electron chi connectivity index (χ1n) is 3.75. The van der Waals surface area contributed by atoms with Crippen LogP contribution in [0.5, 0.6) is 0 Å². The monoisotopic (exact) mass is 153 g/mol. The molecule has 0 radical (unpaired) electrons. The van der Waals surface area contributed by atoms with Crippen molar-refractivity contribution >= 4 is 0 Å². The Labute approximate surface area is 67.6 Å². The first-order chi connectivity index (χ1) is 5.22. The number of likely N-dealkylation sites (N-methyl/N-ethyl adjacent to an activating group) is 1.